The van der Waals surface area contributed by atoms with Gasteiger partial charge in [0.05, 0.1) is 17.9 Å². The highest BCUT2D eigenvalue weighted by Gasteiger charge is 1.98. The zero-order valence-corrected chi connectivity index (χ0v) is 8.72. The number of nitrogens with one attached hydrogen (secondary N) is 1. The summed E-state index contributed by atoms with van der Waals surface area (Å²) in [6.07, 6.45) is 3.71. The van der Waals surface area contributed by atoms with Gasteiger partial charge in [-0.05, 0) is 25.2 Å². The Morgan fingerprint density at radius 2 is 2.13 bits per heavy atom. The predicted molar refractivity (Wildman–Crippen MR) is 58.3 cm³/mol. The molecule has 0 fully saturated rings. The molecule has 0 unspecified atom stereocenters. The van der Waals surface area contributed by atoms with Crippen molar-refractivity contribution in [3.05, 3.63) is 48.0 Å². The molecule has 1 N–H and O–H groups in total. The number of nitrogens with zero attached hydrogens (tertiary/aromatic N) is 3. The maximum Gasteiger partial charge on any atom is 0.0831 e. The Morgan fingerprint density at radius 3 is 2.87 bits per heavy atom. The molecule has 0 spiro atoms. The number of aromatic nitrogens is 3. The average Bonchev–Trinajstić information content (AvgIpc) is 2.71. The van der Waals surface area contributed by atoms with Crippen molar-refractivity contribution in [3.63, 3.8) is 0 Å². The van der Waals surface area contributed by atoms with Gasteiger partial charge in [-0.2, -0.15) is 5.10 Å². The van der Waals surface area contributed by atoms with Gasteiger partial charge < -0.3 is 5.32 Å². The minimum absolute atomic E-state index is 0.727. The fourth-order valence-corrected chi connectivity index (χ4v) is 1.46. The lowest BCUT2D eigenvalue weighted by Gasteiger charge is -2.04. The molecule has 0 saturated carbocycles. The van der Waals surface area contributed by atoms with Crippen LogP contribution in [-0.4, -0.2) is 21.8 Å². The number of hydrogen-bond donors (Lipinski definition) is 1. The van der Waals surface area contributed by atoms with Gasteiger partial charge in [0.2, 0.25) is 0 Å². The molecule has 2 aromatic rings. The molecule has 0 atom stereocenters. The van der Waals surface area contributed by atoms with E-state index in [-0.39, 0.29) is 0 Å². The molecule has 0 aromatic carbocycles. The van der Waals surface area contributed by atoms with Crippen LogP contribution in [-0.2, 0) is 13.1 Å². The van der Waals surface area contributed by atoms with E-state index in [9.17, 15) is 0 Å². The summed E-state index contributed by atoms with van der Waals surface area (Å²) in [4.78, 5) is 4.51. The fourth-order valence-electron chi connectivity index (χ4n) is 1.46. The maximum absolute atomic E-state index is 4.51. The van der Waals surface area contributed by atoms with Crippen LogP contribution in [0, 0.1) is 0 Å². The fraction of sp³-hybridized carbons (Fsp3) is 0.273. The van der Waals surface area contributed by atoms with Crippen molar-refractivity contribution >= 4 is 0 Å². The van der Waals surface area contributed by atoms with Crippen LogP contribution in [0.4, 0.5) is 0 Å². The second-order valence-corrected chi connectivity index (χ2v) is 3.35. The number of pyridine rings is 1. The van der Waals surface area contributed by atoms with Crippen LogP contribution >= 0.6 is 0 Å². The first kappa shape index (κ1) is 9.86. The van der Waals surface area contributed by atoms with Crippen molar-refractivity contribution < 1.29 is 0 Å². The highest BCUT2D eigenvalue weighted by Crippen LogP contribution is 2.01. The third kappa shape index (κ3) is 2.63. The predicted octanol–water partition coefficient (Wildman–Crippen LogP) is 1.05. The maximum atomic E-state index is 4.51. The smallest absolute Gasteiger partial charge is 0.0831 e. The molecule has 4 nitrogen and oxygen atoms in total. The molecule has 4 heteroatoms. The molecule has 2 heterocycles. The molecule has 0 saturated heterocycles. The highest BCUT2D eigenvalue weighted by atomic mass is 15.3. The molecule has 15 heavy (non-hydrogen) atoms. The summed E-state index contributed by atoms with van der Waals surface area (Å²) in [5, 5.41) is 7.23. The minimum Gasteiger partial charge on any atom is -0.314 e. The number of rotatable bonds is 4. The Bertz CT molecular complexity index is 408. The van der Waals surface area contributed by atoms with Gasteiger partial charge in [0.25, 0.3) is 0 Å². The normalized spacial score (nSPS) is 10.5. The Hall–Kier alpha value is -1.68. The summed E-state index contributed by atoms with van der Waals surface area (Å²) in [5.41, 5.74) is 2.09. The third-order valence-electron chi connectivity index (χ3n) is 2.11. The van der Waals surface area contributed by atoms with E-state index in [1.165, 1.54) is 0 Å². The summed E-state index contributed by atoms with van der Waals surface area (Å²) in [6, 6.07) is 7.97. The van der Waals surface area contributed by atoms with E-state index >= 15 is 0 Å². The van der Waals surface area contributed by atoms with Crippen molar-refractivity contribution in [1.82, 2.24) is 20.1 Å². The van der Waals surface area contributed by atoms with Crippen molar-refractivity contribution in [2.45, 2.75) is 13.1 Å². The molecule has 0 aliphatic heterocycles. The summed E-state index contributed by atoms with van der Waals surface area (Å²) >= 11 is 0. The largest absolute Gasteiger partial charge is 0.314 e. The van der Waals surface area contributed by atoms with Gasteiger partial charge in [0, 0.05) is 18.9 Å². The molecule has 0 aliphatic carbocycles. The van der Waals surface area contributed by atoms with Crippen molar-refractivity contribution in [1.29, 1.82) is 0 Å². The zero-order valence-electron chi connectivity index (χ0n) is 8.72. The van der Waals surface area contributed by atoms with Gasteiger partial charge in [-0.15, -0.1) is 0 Å². The quantitative estimate of drug-likeness (QED) is 0.805. The standard InChI is InChI=1S/C11H14N4/c1-12-8-10-4-2-5-11(14-10)9-15-7-3-6-13-15/h2-7,12H,8-9H2,1H3. The Morgan fingerprint density at radius 1 is 1.27 bits per heavy atom. The average molecular weight is 202 g/mol. The van der Waals surface area contributed by atoms with Crippen molar-refractivity contribution in [3.8, 4) is 0 Å². The van der Waals surface area contributed by atoms with Gasteiger partial charge in [-0.3, -0.25) is 9.67 Å². The zero-order chi connectivity index (χ0) is 10.5. The van der Waals surface area contributed by atoms with E-state index in [2.05, 4.69) is 15.4 Å². The lowest BCUT2D eigenvalue weighted by molar-refractivity contribution is 0.665. The first-order valence-corrected chi connectivity index (χ1v) is 4.95. The molecular weight excluding hydrogens is 188 g/mol. The van der Waals surface area contributed by atoms with Gasteiger partial charge >= 0.3 is 0 Å². The Labute approximate surface area is 89.0 Å². The first-order chi connectivity index (χ1) is 7.38. The summed E-state index contributed by atoms with van der Waals surface area (Å²) in [5.74, 6) is 0. The van der Waals surface area contributed by atoms with E-state index in [1.54, 1.807) is 6.20 Å². The minimum atomic E-state index is 0.727. The molecule has 78 valence electrons. The van der Waals surface area contributed by atoms with E-state index in [0.717, 1.165) is 24.5 Å². The second kappa shape index (κ2) is 4.70. The van der Waals surface area contributed by atoms with E-state index in [1.807, 2.05) is 42.2 Å². The third-order valence-corrected chi connectivity index (χ3v) is 2.11. The number of hydrogen-bond acceptors (Lipinski definition) is 3. The molecule has 0 bridgehead atoms. The summed E-state index contributed by atoms with van der Waals surface area (Å²) in [7, 11) is 1.92. The molecule has 2 aromatic heterocycles. The Kier molecular flexibility index (Phi) is 3.09. The lowest BCUT2D eigenvalue weighted by atomic mass is 10.3. The van der Waals surface area contributed by atoms with E-state index < -0.39 is 0 Å². The summed E-state index contributed by atoms with van der Waals surface area (Å²) < 4.78 is 1.87. The SMILES string of the molecule is CNCc1cccc(Cn2cccn2)n1. The van der Waals surface area contributed by atoms with Gasteiger partial charge in [-0.25, -0.2) is 0 Å². The molecule has 0 amide bonds. The van der Waals surface area contributed by atoms with Crippen LogP contribution in [0.3, 0.4) is 0 Å². The molecule has 0 radical (unpaired) electrons. The first-order valence-electron chi connectivity index (χ1n) is 4.95. The molecular formula is C11H14N4. The van der Waals surface area contributed by atoms with E-state index in [4.69, 9.17) is 0 Å². The second-order valence-electron chi connectivity index (χ2n) is 3.35. The van der Waals surface area contributed by atoms with Crippen molar-refractivity contribution in [2.24, 2.45) is 0 Å². The van der Waals surface area contributed by atoms with Crippen LogP contribution in [0.25, 0.3) is 0 Å². The van der Waals surface area contributed by atoms with Crippen LogP contribution in [0.15, 0.2) is 36.7 Å². The molecule has 2 rings (SSSR count). The van der Waals surface area contributed by atoms with E-state index in [0.29, 0.717) is 0 Å². The molecule has 0 aliphatic rings. The van der Waals surface area contributed by atoms with Crippen LogP contribution in [0.2, 0.25) is 0 Å². The highest BCUT2D eigenvalue weighted by molar-refractivity contribution is 5.11. The summed E-state index contributed by atoms with van der Waals surface area (Å²) in [6.45, 7) is 1.53. The topological polar surface area (TPSA) is 42.7 Å². The monoisotopic (exact) mass is 202 g/mol. The Balaban J connectivity index is 2.11. The van der Waals surface area contributed by atoms with Crippen LogP contribution < -0.4 is 5.32 Å². The van der Waals surface area contributed by atoms with Crippen LogP contribution in [0.5, 0.6) is 0 Å². The van der Waals surface area contributed by atoms with Crippen molar-refractivity contribution in [2.75, 3.05) is 7.05 Å². The van der Waals surface area contributed by atoms with Gasteiger partial charge in [-0.1, -0.05) is 6.07 Å². The van der Waals surface area contributed by atoms with Gasteiger partial charge in [0.15, 0.2) is 0 Å². The van der Waals surface area contributed by atoms with Crippen LogP contribution in [0.1, 0.15) is 11.4 Å². The lowest BCUT2D eigenvalue weighted by Crippen LogP contribution is -2.09. The van der Waals surface area contributed by atoms with Gasteiger partial charge in [0.1, 0.15) is 0 Å².